The maximum absolute atomic E-state index is 13.0. The zero-order valence-corrected chi connectivity index (χ0v) is 14.7. The largest absolute Gasteiger partial charge is 0.360 e. The van der Waals surface area contributed by atoms with Crippen molar-refractivity contribution < 1.29 is 4.39 Å². The van der Waals surface area contributed by atoms with Crippen LogP contribution in [0.5, 0.6) is 0 Å². The number of nitrogens with zero attached hydrogens (tertiary/aromatic N) is 4. The fraction of sp³-hybridized carbons (Fsp3) is 0.294. The minimum atomic E-state index is -0.238. The van der Waals surface area contributed by atoms with Crippen molar-refractivity contribution in [2.75, 3.05) is 26.0 Å². The molecule has 126 valence electrons. The van der Waals surface area contributed by atoms with Crippen LogP contribution < -0.4 is 5.32 Å². The molecule has 0 saturated heterocycles. The van der Waals surface area contributed by atoms with Gasteiger partial charge in [0.25, 0.3) is 0 Å². The molecule has 0 bridgehead atoms. The first-order valence-electron chi connectivity index (χ1n) is 7.63. The van der Waals surface area contributed by atoms with E-state index < -0.39 is 0 Å². The third kappa shape index (κ3) is 3.80. The highest BCUT2D eigenvalue weighted by Crippen LogP contribution is 2.26. The quantitative estimate of drug-likeness (QED) is 0.744. The number of likely N-dealkylation sites (N-methyl/N-ethyl adjacent to an activating group) is 1. The van der Waals surface area contributed by atoms with Gasteiger partial charge in [0.1, 0.15) is 5.82 Å². The lowest BCUT2D eigenvalue weighted by atomic mass is 10.1. The number of nitrogens with one attached hydrogen (secondary N) is 1. The molecule has 7 heteroatoms. The third-order valence-electron chi connectivity index (χ3n) is 3.82. The molecule has 24 heavy (non-hydrogen) atoms. The first-order chi connectivity index (χ1) is 11.5. The molecule has 0 aliphatic carbocycles. The zero-order valence-electron chi connectivity index (χ0n) is 13.9. The predicted octanol–water partition coefficient (Wildman–Crippen LogP) is 3.40. The van der Waals surface area contributed by atoms with Crippen molar-refractivity contribution in [3.05, 3.63) is 53.4 Å². The molecule has 0 fully saturated rings. The molecule has 1 N–H and O–H groups in total. The first kappa shape index (κ1) is 16.6. The molecule has 0 saturated carbocycles. The van der Waals surface area contributed by atoms with Crippen LogP contribution >= 0.6 is 11.3 Å². The van der Waals surface area contributed by atoms with Gasteiger partial charge in [-0.2, -0.15) is 5.10 Å². The van der Waals surface area contributed by atoms with E-state index in [1.54, 1.807) is 23.5 Å². The minimum absolute atomic E-state index is 0.205. The Morgan fingerprint density at radius 1 is 1.29 bits per heavy atom. The zero-order chi connectivity index (χ0) is 17.1. The maximum atomic E-state index is 13.0. The molecule has 1 unspecified atom stereocenters. The molecule has 0 spiro atoms. The Morgan fingerprint density at radius 2 is 2.04 bits per heavy atom. The molecule has 2 heterocycles. The maximum Gasteiger partial charge on any atom is 0.183 e. The molecule has 3 rings (SSSR count). The van der Waals surface area contributed by atoms with E-state index >= 15 is 0 Å². The number of rotatable bonds is 6. The van der Waals surface area contributed by atoms with Crippen molar-refractivity contribution in [1.82, 2.24) is 19.7 Å². The summed E-state index contributed by atoms with van der Waals surface area (Å²) in [4.78, 5) is 6.74. The van der Waals surface area contributed by atoms with E-state index in [9.17, 15) is 4.39 Å². The lowest BCUT2D eigenvalue weighted by molar-refractivity contribution is 0.311. The summed E-state index contributed by atoms with van der Waals surface area (Å²) in [5.74, 6) is -0.238. The molecule has 1 aromatic carbocycles. The van der Waals surface area contributed by atoms with Crippen molar-refractivity contribution in [3.8, 4) is 11.3 Å². The van der Waals surface area contributed by atoms with Gasteiger partial charge < -0.3 is 10.2 Å². The van der Waals surface area contributed by atoms with E-state index in [4.69, 9.17) is 0 Å². The molecule has 0 radical (unpaired) electrons. The van der Waals surface area contributed by atoms with E-state index in [0.29, 0.717) is 0 Å². The Kier molecular flexibility index (Phi) is 4.92. The smallest absolute Gasteiger partial charge is 0.183 e. The van der Waals surface area contributed by atoms with E-state index in [1.807, 2.05) is 43.6 Å². The van der Waals surface area contributed by atoms with E-state index in [-0.39, 0.29) is 11.9 Å². The fourth-order valence-electron chi connectivity index (χ4n) is 2.50. The van der Waals surface area contributed by atoms with Gasteiger partial charge in [0.05, 0.1) is 17.9 Å². The average Bonchev–Trinajstić information content (AvgIpc) is 3.18. The number of aromatic nitrogens is 3. The van der Waals surface area contributed by atoms with Crippen LogP contribution in [0.2, 0.25) is 0 Å². The molecule has 0 aliphatic rings. The molecule has 3 aromatic rings. The Labute approximate surface area is 144 Å². The SMILES string of the molecule is CN(C)C(CNc1nc(-c2ccc(F)cc2)cs1)c1cnn(C)c1. The minimum Gasteiger partial charge on any atom is -0.360 e. The van der Waals surface area contributed by atoms with Crippen LogP contribution in [-0.2, 0) is 7.05 Å². The van der Waals surface area contributed by atoms with Crippen molar-refractivity contribution in [2.45, 2.75) is 6.04 Å². The Hall–Kier alpha value is -2.25. The van der Waals surface area contributed by atoms with Gasteiger partial charge in [-0.1, -0.05) is 0 Å². The molecule has 0 aliphatic heterocycles. The second-order valence-electron chi connectivity index (χ2n) is 5.85. The summed E-state index contributed by atoms with van der Waals surface area (Å²) in [6.45, 7) is 0.731. The molecule has 2 aromatic heterocycles. The van der Waals surface area contributed by atoms with Crippen LogP contribution in [0.15, 0.2) is 42.0 Å². The van der Waals surface area contributed by atoms with Crippen molar-refractivity contribution in [3.63, 3.8) is 0 Å². The monoisotopic (exact) mass is 345 g/mol. The van der Waals surface area contributed by atoms with Crippen LogP contribution in [0.4, 0.5) is 9.52 Å². The fourth-order valence-corrected chi connectivity index (χ4v) is 3.23. The Morgan fingerprint density at radius 3 is 2.67 bits per heavy atom. The van der Waals surface area contributed by atoms with Gasteiger partial charge in [0.15, 0.2) is 5.13 Å². The molecule has 1 atom stereocenters. The average molecular weight is 345 g/mol. The number of hydrogen-bond donors (Lipinski definition) is 1. The van der Waals surface area contributed by atoms with Gasteiger partial charge in [0, 0.05) is 36.3 Å². The first-order valence-corrected chi connectivity index (χ1v) is 8.51. The summed E-state index contributed by atoms with van der Waals surface area (Å²) in [6.07, 6.45) is 3.91. The van der Waals surface area contributed by atoms with Gasteiger partial charge in [-0.05, 0) is 38.4 Å². The molecular formula is C17H20FN5S. The van der Waals surface area contributed by atoms with Crippen molar-refractivity contribution >= 4 is 16.5 Å². The number of hydrogen-bond acceptors (Lipinski definition) is 5. The normalized spacial score (nSPS) is 12.5. The highest BCUT2D eigenvalue weighted by atomic mass is 32.1. The highest BCUT2D eigenvalue weighted by Gasteiger charge is 2.16. The van der Waals surface area contributed by atoms with Crippen LogP contribution in [-0.4, -0.2) is 40.3 Å². The predicted molar refractivity (Wildman–Crippen MR) is 95.6 cm³/mol. The van der Waals surface area contributed by atoms with E-state index in [2.05, 4.69) is 20.3 Å². The van der Waals surface area contributed by atoms with Crippen molar-refractivity contribution in [1.29, 1.82) is 0 Å². The van der Waals surface area contributed by atoms with E-state index in [0.717, 1.165) is 28.5 Å². The number of anilines is 1. The second-order valence-corrected chi connectivity index (χ2v) is 6.71. The van der Waals surface area contributed by atoms with E-state index in [1.165, 1.54) is 12.1 Å². The number of halogens is 1. The summed E-state index contributed by atoms with van der Waals surface area (Å²) in [6, 6.07) is 6.59. The summed E-state index contributed by atoms with van der Waals surface area (Å²) >= 11 is 1.55. The van der Waals surface area contributed by atoms with Gasteiger partial charge in [-0.3, -0.25) is 4.68 Å². The summed E-state index contributed by atoms with van der Waals surface area (Å²) in [5.41, 5.74) is 2.92. The van der Waals surface area contributed by atoms with Gasteiger partial charge in [-0.25, -0.2) is 9.37 Å². The summed E-state index contributed by atoms with van der Waals surface area (Å²) in [5, 5.41) is 10.5. The molecule has 0 amide bonds. The Bertz CT molecular complexity index is 793. The van der Waals surface area contributed by atoms with Gasteiger partial charge in [-0.15, -0.1) is 11.3 Å². The third-order valence-corrected chi connectivity index (χ3v) is 4.62. The second kappa shape index (κ2) is 7.11. The summed E-state index contributed by atoms with van der Waals surface area (Å²) < 4.78 is 14.8. The van der Waals surface area contributed by atoms with Crippen LogP contribution in [0.25, 0.3) is 11.3 Å². The molecule has 5 nitrogen and oxygen atoms in total. The Balaban J connectivity index is 1.68. The number of thiazole rings is 1. The lowest BCUT2D eigenvalue weighted by Gasteiger charge is -2.23. The van der Waals surface area contributed by atoms with Crippen LogP contribution in [0.1, 0.15) is 11.6 Å². The number of aryl methyl sites for hydroxylation is 1. The standard InChI is InChI=1S/C17H20FN5S/c1-22(2)16(13-8-20-23(3)10-13)9-19-17-21-15(11-24-17)12-4-6-14(18)7-5-12/h4-8,10-11,16H,9H2,1-3H3,(H,19,21). The van der Waals surface area contributed by atoms with Gasteiger partial charge >= 0.3 is 0 Å². The topological polar surface area (TPSA) is 46.0 Å². The number of benzene rings is 1. The van der Waals surface area contributed by atoms with Gasteiger partial charge in [0.2, 0.25) is 0 Å². The van der Waals surface area contributed by atoms with Crippen molar-refractivity contribution in [2.24, 2.45) is 7.05 Å². The summed E-state index contributed by atoms with van der Waals surface area (Å²) in [7, 11) is 6.01. The molecular weight excluding hydrogens is 325 g/mol. The lowest BCUT2D eigenvalue weighted by Crippen LogP contribution is -2.26. The van der Waals surface area contributed by atoms with Crippen LogP contribution in [0.3, 0.4) is 0 Å². The van der Waals surface area contributed by atoms with Crippen LogP contribution in [0, 0.1) is 5.82 Å². The highest BCUT2D eigenvalue weighted by molar-refractivity contribution is 7.14.